The molecule has 0 saturated carbocycles. The number of amides is 1. The molecular formula is C21H27N3O. The van der Waals surface area contributed by atoms with Crippen LogP contribution < -0.4 is 11.1 Å². The van der Waals surface area contributed by atoms with E-state index in [0.717, 1.165) is 50.3 Å². The molecule has 2 aromatic rings. The molecule has 4 heteroatoms. The average Bonchev–Trinajstić information content (AvgIpc) is 3.09. The molecule has 3 N–H and O–H groups in total. The monoisotopic (exact) mass is 337 g/mol. The molecule has 0 radical (unpaired) electrons. The molecule has 1 aliphatic rings. The fourth-order valence-corrected chi connectivity index (χ4v) is 3.36. The molecular weight excluding hydrogens is 310 g/mol. The van der Waals surface area contributed by atoms with Crippen LogP contribution in [0.3, 0.4) is 0 Å². The lowest BCUT2D eigenvalue weighted by Crippen LogP contribution is -2.32. The van der Waals surface area contributed by atoms with E-state index >= 15 is 0 Å². The lowest BCUT2D eigenvalue weighted by molar-refractivity contribution is -0.120. The van der Waals surface area contributed by atoms with Crippen LogP contribution in [0.1, 0.15) is 17.5 Å². The zero-order chi connectivity index (χ0) is 17.5. The van der Waals surface area contributed by atoms with Gasteiger partial charge in [-0.25, -0.2) is 0 Å². The van der Waals surface area contributed by atoms with Gasteiger partial charge in [-0.2, -0.15) is 0 Å². The van der Waals surface area contributed by atoms with Crippen LogP contribution in [-0.4, -0.2) is 37.0 Å². The SMILES string of the molecule is Nc1ccc(CC(=O)NCC2CCN(CCc3ccccc3)C2)cc1. The number of rotatable bonds is 7. The van der Waals surface area contributed by atoms with Gasteiger partial charge < -0.3 is 16.0 Å². The molecule has 0 aliphatic carbocycles. The summed E-state index contributed by atoms with van der Waals surface area (Å²) in [6.07, 6.45) is 2.68. The first-order valence-corrected chi connectivity index (χ1v) is 9.06. The van der Waals surface area contributed by atoms with Crippen molar-refractivity contribution >= 4 is 11.6 Å². The van der Waals surface area contributed by atoms with Gasteiger partial charge in [-0.1, -0.05) is 42.5 Å². The van der Waals surface area contributed by atoms with Crippen LogP contribution >= 0.6 is 0 Å². The highest BCUT2D eigenvalue weighted by molar-refractivity contribution is 5.78. The Morgan fingerprint density at radius 1 is 1.08 bits per heavy atom. The van der Waals surface area contributed by atoms with Gasteiger partial charge >= 0.3 is 0 Å². The molecule has 0 spiro atoms. The van der Waals surface area contributed by atoms with Crippen molar-refractivity contribution in [2.24, 2.45) is 5.92 Å². The molecule has 1 saturated heterocycles. The number of nitrogens with two attached hydrogens (primary N) is 1. The highest BCUT2D eigenvalue weighted by atomic mass is 16.1. The minimum absolute atomic E-state index is 0.0903. The molecule has 3 rings (SSSR count). The number of carbonyl (C=O) groups excluding carboxylic acids is 1. The Kier molecular flexibility index (Phi) is 6.07. The molecule has 2 aromatic carbocycles. The van der Waals surface area contributed by atoms with Crippen molar-refractivity contribution in [3.8, 4) is 0 Å². The molecule has 1 unspecified atom stereocenters. The number of nitrogen functional groups attached to an aromatic ring is 1. The van der Waals surface area contributed by atoms with Crippen molar-refractivity contribution in [3.63, 3.8) is 0 Å². The van der Waals surface area contributed by atoms with Gasteiger partial charge in [0.15, 0.2) is 0 Å². The van der Waals surface area contributed by atoms with Gasteiger partial charge in [-0.05, 0) is 48.6 Å². The van der Waals surface area contributed by atoms with Crippen molar-refractivity contribution in [2.75, 3.05) is 31.9 Å². The number of nitrogens with zero attached hydrogens (tertiary/aromatic N) is 1. The van der Waals surface area contributed by atoms with Crippen LogP contribution in [0, 0.1) is 5.92 Å². The molecule has 25 heavy (non-hydrogen) atoms. The zero-order valence-corrected chi connectivity index (χ0v) is 14.7. The van der Waals surface area contributed by atoms with Gasteiger partial charge in [0.1, 0.15) is 0 Å². The molecule has 1 fully saturated rings. The van der Waals surface area contributed by atoms with E-state index in [9.17, 15) is 4.79 Å². The Hall–Kier alpha value is -2.33. The second-order valence-corrected chi connectivity index (χ2v) is 6.91. The third kappa shape index (κ3) is 5.61. The van der Waals surface area contributed by atoms with Gasteiger partial charge in [0, 0.05) is 25.3 Å². The standard InChI is InChI=1S/C21H27N3O/c22-20-8-6-18(7-9-20)14-21(25)23-15-19-11-13-24(16-19)12-10-17-4-2-1-3-5-17/h1-9,19H,10-16,22H2,(H,23,25). The van der Waals surface area contributed by atoms with E-state index in [1.807, 2.05) is 24.3 Å². The Labute approximate surface area is 150 Å². The number of benzene rings is 2. The van der Waals surface area contributed by atoms with Crippen LogP contribution in [0.15, 0.2) is 54.6 Å². The molecule has 4 nitrogen and oxygen atoms in total. The van der Waals surface area contributed by atoms with E-state index in [0.29, 0.717) is 12.3 Å². The number of carbonyl (C=O) groups is 1. The van der Waals surface area contributed by atoms with Crippen LogP contribution in [0.5, 0.6) is 0 Å². The first-order chi connectivity index (χ1) is 12.2. The lowest BCUT2D eigenvalue weighted by atomic mass is 10.1. The number of likely N-dealkylation sites (tertiary alicyclic amines) is 1. The number of nitrogens with one attached hydrogen (secondary N) is 1. The maximum Gasteiger partial charge on any atom is 0.224 e. The first-order valence-electron chi connectivity index (χ1n) is 9.06. The molecule has 132 valence electrons. The molecule has 1 aliphatic heterocycles. The van der Waals surface area contributed by atoms with Crippen molar-refractivity contribution in [3.05, 3.63) is 65.7 Å². The van der Waals surface area contributed by atoms with Gasteiger partial charge in [-0.3, -0.25) is 4.79 Å². The van der Waals surface area contributed by atoms with Crippen LogP contribution in [0.4, 0.5) is 5.69 Å². The third-order valence-electron chi connectivity index (χ3n) is 4.86. The highest BCUT2D eigenvalue weighted by Gasteiger charge is 2.22. The Morgan fingerprint density at radius 3 is 2.60 bits per heavy atom. The lowest BCUT2D eigenvalue weighted by Gasteiger charge is -2.16. The summed E-state index contributed by atoms with van der Waals surface area (Å²) >= 11 is 0. The number of anilines is 1. The highest BCUT2D eigenvalue weighted by Crippen LogP contribution is 2.16. The van der Waals surface area contributed by atoms with Crippen LogP contribution in [0.25, 0.3) is 0 Å². The molecule has 1 heterocycles. The van der Waals surface area contributed by atoms with E-state index in [1.165, 1.54) is 5.56 Å². The largest absolute Gasteiger partial charge is 0.399 e. The minimum Gasteiger partial charge on any atom is -0.399 e. The van der Waals surface area contributed by atoms with Crippen molar-refractivity contribution in [1.82, 2.24) is 10.2 Å². The van der Waals surface area contributed by atoms with E-state index in [4.69, 9.17) is 5.73 Å². The normalized spacial score (nSPS) is 17.5. The summed E-state index contributed by atoms with van der Waals surface area (Å²) in [7, 11) is 0. The average molecular weight is 337 g/mol. The second kappa shape index (κ2) is 8.67. The Bertz CT molecular complexity index is 669. The predicted molar refractivity (Wildman–Crippen MR) is 102 cm³/mol. The summed E-state index contributed by atoms with van der Waals surface area (Å²) in [6, 6.07) is 18.1. The summed E-state index contributed by atoms with van der Waals surface area (Å²) in [5.74, 6) is 0.652. The summed E-state index contributed by atoms with van der Waals surface area (Å²) in [5, 5.41) is 3.09. The van der Waals surface area contributed by atoms with E-state index in [-0.39, 0.29) is 5.91 Å². The predicted octanol–water partition coefficient (Wildman–Crippen LogP) is 2.49. The van der Waals surface area contributed by atoms with Gasteiger partial charge in [0.05, 0.1) is 6.42 Å². The van der Waals surface area contributed by atoms with Crippen LogP contribution in [-0.2, 0) is 17.6 Å². The molecule has 0 bridgehead atoms. The fourth-order valence-electron chi connectivity index (χ4n) is 3.36. The fraction of sp³-hybridized carbons (Fsp3) is 0.381. The quantitative estimate of drug-likeness (QED) is 0.763. The molecule has 1 amide bonds. The number of hydrogen-bond donors (Lipinski definition) is 2. The van der Waals surface area contributed by atoms with E-state index < -0.39 is 0 Å². The summed E-state index contributed by atoms with van der Waals surface area (Å²) in [5.41, 5.74) is 8.79. The molecule has 0 aromatic heterocycles. The zero-order valence-electron chi connectivity index (χ0n) is 14.7. The van der Waals surface area contributed by atoms with Crippen molar-refractivity contribution in [2.45, 2.75) is 19.3 Å². The third-order valence-corrected chi connectivity index (χ3v) is 4.86. The van der Waals surface area contributed by atoms with Crippen LogP contribution in [0.2, 0.25) is 0 Å². The van der Waals surface area contributed by atoms with Crippen molar-refractivity contribution < 1.29 is 4.79 Å². The van der Waals surface area contributed by atoms with Gasteiger partial charge in [0.25, 0.3) is 0 Å². The summed E-state index contributed by atoms with van der Waals surface area (Å²) in [4.78, 5) is 14.6. The summed E-state index contributed by atoms with van der Waals surface area (Å²) < 4.78 is 0. The van der Waals surface area contributed by atoms with E-state index in [1.54, 1.807) is 0 Å². The summed E-state index contributed by atoms with van der Waals surface area (Å²) in [6.45, 7) is 4.08. The van der Waals surface area contributed by atoms with E-state index in [2.05, 4.69) is 40.5 Å². The maximum absolute atomic E-state index is 12.1. The van der Waals surface area contributed by atoms with Gasteiger partial charge in [0.2, 0.25) is 5.91 Å². The maximum atomic E-state index is 12.1. The van der Waals surface area contributed by atoms with Crippen molar-refractivity contribution in [1.29, 1.82) is 0 Å². The molecule has 1 atom stereocenters. The smallest absolute Gasteiger partial charge is 0.224 e. The number of hydrogen-bond acceptors (Lipinski definition) is 3. The Balaban J connectivity index is 1.35. The Morgan fingerprint density at radius 2 is 1.84 bits per heavy atom. The topological polar surface area (TPSA) is 58.4 Å². The second-order valence-electron chi connectivity index (χ2n) is 6.91. The first kappa shape index (κ1) is 17.5. The van der Waals surface area contributed by atoms with Gasteiger partial charge in [-0.15, -0.1) is 0 Å². The minimum atomic E-state index is 0.0903.